The van der Waals surface area contributed by atoms with Crippen molar-refractivity contribution < 1.29 is 0 Å². The van der Waals surface area contributed by atoms with E-state index in [9.17, 15) is 0 Å². The predicted octanol–water partition coefficient (Wildman–Crippen LogP) is 3.87. The molecule has 14 heavy (non-hydrogen) atoms. The Labute approximate surface area is 100 Å². The van der Waals surface area contributed by atoms with Gasteiger partial charge in [0.25, 0.3) is 0 Å². The van der Waals surface area contributed by atoms with Crippen LogP contribution in [0.4, 0.5) is 0 Å². The smallest absolute Gasteiger partial charge is 0.0305 e. The van der Waals surface area contributed by atoms with Gasteiger partial charge in [-0.1, -0.05) is 44.4 Å². The number of halogens is 1. The topological polar surface area (TPSA) is 26.0 Å². The zero-order valence-corrected chi connectivity index (χ0v) is 10.8. The molecule has 0 saturated carbocycles. The van der Waals surface area contributed by atoms with Gasteiger partial charge in [-0.25, -0.2) is 0 Å². The molecule has 1 aromatic carbocycles. The fourth-order valence-electron chi connectivity index (χ4n) is 1.55. The Morgan fingerprint density at radius 3 is 2.64 bits per heavy atom. The van der Waals surface area contributed by atoms with Crippen LogP contribution in [-0.4, -0.2) is 0 Å². The zero-order chi connectivity index (χ0) is 10.4. The molecule has 0 radical (unpaired) electrons. The maximum Gasteiger partial charge on any atom is 0.0305 e. The van der Waals surface area contributed by atoms with E-state index in [1.54, 1.807) is 0 Å². The summed E-state index contributed by atoms with van der Waals surface area (Å²) in [5.41, 5.74) is 7.43. The van der Waals surface area contributed by atoms with Gasteiger partial charge >= 0.3 is 0 Å². The van der Waals surface area contributed by atoms with Crippen LogP contribution in [0.3, 0.4) is 0 Å². The highest BCUT2D eigenvalue weighted by atomic mass is 127. The van der Waals surface area contributed by atoms with Crippen molar-refractivity contribution in [1.82, 2.24) is 0 Å². The van der Waals surface area contributed by atoms with Gasteiger partial charge in [-0.2, -0.15) is 0 Å². The first-order valence-electron chi connectivity index (χ1n) is 5.25. The number of nitrogens with two attached hydrogens (primary N) is 1. The van der Waals surface area contributed by atoms with Crippen molar-refractivity contribution >= 4 is 22.6 Å². The van der Waals surface area contributed by atoms with Gasteiger partial charge < -0.3 is 5.73 Å². The first-order chi connectivity index (χ1) is 6.75. The summed E-state index contributed by atoms with van der Waals surface area (Å²) in [5.74, 6) is 0. The number of unbranched alkanes of at least 4 members (excludes halogenated alkanes) is 2. The molecule has 2 heteroatoms. The first-order valence-corrected chi connectivity index (χ1v) is 6.33. The molecule has 0 saturated heterocycles. The minimum atomic E-state index is 0.217. The molecule has 1 rings (SSSR count). The van der Waals surface area contributed by atoms with Crippen LogP contribution in [-0.2, 0) is 0 Å². The Morgan fingerprint density at radius 1 is 1.29 bits per heavy atom. The minimum Gasteiger partial charge on any atom is -0.324 e. The molecule has 0 aliphatic heterocycles. The Kier molecular flexibility index (Phi) is 5.48. The van der Waals surface area contributed by atoms with Crippen LogP contribution in [0, 0.1) is 3.57 Å². The lowest BCUT2D eigenvalue weighted by Gasteiger charge is -2.13. The summed E-state index contributed by atoms with van der Waals surface area (Å²) in [4.78, 5) is 0. The van der Waals surface area contributed by atoms with Gasteiger partial charge in [0.2, 0.25) is 0 Å². The summed E-state index contributed by atoms with van der Waals surface area (Å²) in [6, 6.07) is 8.60. The third kappa shape index (κ3) is 3.58. The van der Waals surface area contributed by atoms with Crippen LogP contribution < -0.4 is 5.73 Å². The van der Waals surface area contributed by atoms with E-state index >= 15 is 0 Å². The van der Waals surface area contributed by atoms with Gasteiger partial charge in [0, 0.05) is 9.61 Å². The molecule has 1 nitrogen and oxygen atoms in total. The lowest BCUT2D eigenvalue weighted by Crippen LogP contribution is -2.11. The second kappa shape index (κ2) is 6.40. The van der Waals surface area contributed by atoms with Gasteiger partial charge in [-0.05, 0) is 40.6 Å². The number of rotatable bonds is 5. The average molecular weight is 303 g/mol. The summed E-state index contributed by atoms with van der Waals surface area (Å²) < 4.78 is 1.29. The van der Waals surface area contributed by atoms with E-state index in [4.69, 9.17) is 5.73 Å². The van der Waals surface area contributed by atoms with E-state index in [0.29, 0.717) is 0 Å². The maximum absolute atomic E-state index is 6.13. The van der Waals surface area contributed by atoms with Gasteiger partial charge in [0.15, 0.2) is 0 Å². The SMILES string of the molecule is CCCCC[C@@H](N)c1ccccc1I. The average Bonchev–Trinajstić information content (AvgIpc) is 2.18. The van der Waals surface area contributed by atoms with Crippen LogP contribution >= 0.6 is 22.6 Å². The Hall–Kier alpha value is -0.0900. The van der Waals surface area contributed by atoms with Gasteiger partial charge in [-0.15, -0.1) is 0 Å². The quantitative estimate of drug-likeness (QED) is 0.648. The van der Waals surface area contributed by atoms with Gasteiger partial charge in [0.05, 0.1) is 0 Å². The molecule has 0 fully saturated rings. The Morgan fingerprint density at radius 2 is 2.00 bits per heavy atom. The molecule has 0 unspecified atom stereocenters. The molecule has 0 aliphatic rings. The molecule has 2 N–H and O–H groups in total. The van der Waals surface area contributed by atoms with Crippen molar-refractivity contribution in [3.8, 4) is 0 Å². The van der Waals surface area contributed by atoms with Crippen molar-refractivity contribution in [2.45, 2.75) is 38.6 Å². The van der Waals surface area contributed by atoms with E-state index in [1.165, 1.54) is 28.4 Å². The number of benzene rings is 1. The van der Waals surface area contributed by atoms with E-state index in [1.807, 2.05) is 0 Å². The second-order valence-corrected chi connectivity index (χ2v) is 4.79. The van der Waals surface area contributed by atoms with E-state index in [0.717, 1.165) is 6.42 Å². The summed E-state index contributed by atoms with van der Waals surface area (Å²) in [6.07, 6.45) is 4.90. The van der Waals surface area contributed by atoms with E-state index < -0.39 is 0 Å². The van der Waals surface area contributed by atoms with Gasteiger partial charge in [-0.3, -0.25) is 0 Å². The van der Waals surface area contributed by atoms with Crippen LogP contribution in [0.2, 0.25) is 0 Å². The lowest BCUT2D eigenvalue weighted by molar-refractivity contribution is 0.579. The summed E-state index contributed by atoms with van der Waals surface area (Å²) in [7, 11) is 0. The third-order valence-corrected chi connectivity index (χ3v) is 3.41. The Bertz CT molecular complexity index is 273. The first kappa shape index (κ1) is 12.0. The molecule has 0 amide bonds. The molecule has 0 aromatic heterocycles. The molecule has 1 aromatic rings. The largest absolute Gasteiger partial charge is 0.324 e. The predicted molar refractivity (Wildman–Crippen MR) is 70.2 cm³/mol. The standard InChI is InChI=1S/C12H18IN/c1-2-3-4-9-12(14)10-7-5-6-8-11(10)13/h5-8,12H,2-4,9,14H2,1H3/t12-/m1/s1. The van der Waals surface area contributed by atoms with Crippen molar-refractivity contribution in [1.29, 1.82) is 0 Å². The van der Waals surface area contributed by atoms with Crippen LogP contribution in [0.1, 0.15) is 44.2 Å². The van der Waals surface area contributed by atoms with Crippen molar-refractivity contribution in [2.24, 2.45) is 5.73 Å². The minimum absolute atomic E-state index is 0.217. The van der Waals surface area contributed by atoms with Crippen LogP contribution in [0.25, 0.3) is 0 Å². The molecule has 0 heterocycles. The fraction of sp³-hybridized carbons (Fsp3) is 0.500. The highest BCUT2D eigenvalue weighted by Gasteiger charge is 2.07. The normalized spacial score (nSPS) is 12.8. The van der Waals surface area contributed by atoms with Crippen LogP contribution in [0.15, 0.2) is 24.3 Å². The van der Waals surface area contributed by atoms with Crippen molar-refractivity contribution in [3.05, 3.63) is 33.4 Å². The molecule has 0 bridgehead atoms. The monoisotopic (exact) mass is 303 g/mol. The molecule has 78 valence electrons. The summed E-state index contributed by atoms with van der Waals surface area (Å²) in [6.45, 7) is 2.22. The molecular formula is C12H18IN. The summed E-state index contributed by atoms with van der Waals surface area (Å²) >= 11 is 2.36. The molecule has 0 aliphatic carbocycles. The molecular weight excluding hydrogens is 285 g/mol. The highest BCUT2D eigenvalue weighted by Crippen LogP contribution is 2.22. The number of hydrogen-bond donors (Lipinski definition) is 1. The highest BCUT2D eigenvalue weighted by molar-refractivity contribution is 14.1. The fourth-order valence-corrected chi connectivity index (χ4v) is 2.33. The van der Waals surface area contributed by atoms with Gasteiger partial charge in [0.1, 0.15) is 0 Å². The number of hydrogen-bond acceptors (Lipinski definition) is 1. The third-order valence-electron chi connectivity index (χ3n) is 2.42. The van der Waals surface area contributed by atoms with E-state index in [-0.39, 0.29) is 6.04 Å². The summed E-state index contributed by atoms with van der Waals surface area (Å²) in [5, 5.41) is 0. The zero-order valence-electron chi connectivity index (χ0n) is 8.67. The molecule has 0 spiro atoms. The molecule has 1 atom stereocenters. The van der Waals surface area contributed by atoms with Crippen molar-refractivity contribution in [2.75, 3.05) is 0 Å². The lowest BCUT2D eigenvalue weighted by atomic mass is 10.0. The van der Waals surface area contributed by atoms with Crippen molar-refractivity contribution in [3.63, 3.8) is 0 Å². The Balaban J connectivity index is 2.51. The van der Waals surface area contributed by atoms with Crippen LogP contribution in [0.5, 0.6) is 0 Å². The second-order valence-electron chi connectivity index (χ2n) is 3.62. The maximum atomic E-state index is 6.13. The van der Waals surface area contributed by atoms with E-state index in [2.05, 4.69) is 53.8 Å².